The Morgan fingerprint density at radius 1 is 0.444 bits per heavy atom. The summed E-state index contributed by atoms with van der Waals surface area (Å²) in [4.78, 5) is 44.2. The molecule has 0 aromatic carbocycles. The maximum absolute atomic E-state index is 11.2. The Bertz CT molecular complexity index is 1530. The second-order valence-electron chi connectivity index (χ2n) is 9.64. The van der Waals surface area contributed by atoms with Gasteiger partial charge in [-0.3, -0.25) is 23.0 Å². The monoisotopic (exact) mass is 734 g/mol. The van der Waals surface area contributed by atoms with Crippen LogP contribution >= 0.6 is 0 Å². The Morgan fingerprint density at radius 2 is 0.667 bits per heavy atom. The summed E-state index contributed by atoms with van der Waals surface area (Å²) in [5, 5.41) is 29.7. The Hall–Kier alpha value is -3.00. The lowest BCUT2D eigenvalue weighted by molar-refractivity contribution is -0.139. The molecule has 0 bridgehead atoms. The average Bonchev–Trinajstić information content (AvgIpc) is 2.81. The van der Waals surface area contributed by atoms with Crippen LogP contribution in [0.2, 0.25) is 0 Å². The zero-order valence-corrected chi connectivity index (χ0v) is 27.2. The van der Waals surface area contributed by atoms with E-state index < -0.39 is 134 Å². The largest absolute Gasteiger partial charge is 0.481 e. The number of allylic oxidation sites excluding steroid dienone is 1. The van der Waals surface area contributed by atoms with E-state index >= 15 is 0 Å². The predicted molar refractivity (Wildman–Crippen MR) is 152 cm³/mol. The third-order valence-electron chi connectivity index (χ3n) is 5.98. The number of hydrogen-bond acceptors (Lipinski definition) is 12. The van der Waals surface area contributed by atoms with Gasteiger partial charge in [0.2, 0.25) is 0 Å². The molecular formula is C21H34O20S4. The number of carboxylic acid groups (broad SMARTS) is 4. The molecule has 45 heavy (non-hydrogen) atoms. The van der Waals surface area contributed by atoms with Crippen molar-refractivity contribution in [3.05, 3.63) is 22.3 Å². The van der Waals surface area contributed by atoms with Crippen LogP contribution in [0.3, 0.4) is 0 Å². The summed E-state index contributed by atoms with van der Waals surface area (Å²) in [6.45, 7) is 4.02. The van der Waals surface area contributed by atoms with E-state index in [2.05, 4.69) is 0 Å². The van der Waals surface area contributed by atoms with Crippen LogP contribution in [-0.2, 0) is 59.7 Å². The molecule has 0 spiro atoms. The molecule has 0 saturated carbocycles. The van der Waals surface area contributed by atoms with Crippen molar-refractivity contribution in [1.82, 2.24) is 0 Å². The highest BCUT2D eigenvalue weighted by Crippen LogP contribution is 2.25. The Morgan fingerprint density at radius 3 is 0.844 bits per heavy atom. The van der Waals surface area contributed by atoms with Crippen LogP contribution in [-0.4, -0.2) is 117 Å². The first-order valence-electron chi connectivity index (χ1n) is 12.0. The maximum Gasteiger partial charge on any atom is 0.332 e. The van der Waals surface area contributed by atoms with Gasteiger partial charge in [0.15, 0.2) is 0 Å². The lowest BCUT2D eigenvalue weighted by Crippen LogP contribution is -2.25. The first-order valence-corrected chi connectivity index (χ1v) is 18.0. The molecule has 0 aliphatic rings. The Labute approximate surface area is 258 Å². The van der Waals surface area contributed by atoms with Crippen molar-refractivity contribution in [2.45, 2.75) is 80.8 Å². The van der Waals surface area contributed by atoms with E-state index in [0.29, 0.717) is 0 Å². The third-order valence-corrected chi connectivity index (χ3v) is 10.7. The molecule has 0 aliphatic heterocycles. The fraction of sp³-hybridized carbons (Fsp3) is 0.619. The van der Waals surface area contributed by atoms with E-state index in [4.69, 9.17) is 38.6 Å². The van der Waals surface area contributed by atoms with Crippen LogP contribution in [0.1, 0.15) is 59.8 Å². The smallest absolute Gasteiger partial charge is 0.332 e. The second-order valence-corrected chi connectivity index (χ2v) is 17.0. The van der Waals surface area contributed by atoms with E-state index in [-0.39, 0.29) is 5.57 Å². The number of rotatable bonds is 17. The summed E-state index contributed by atoms with van der Waals surface area (Å²) in [5.41, 5.74) is -2.72. The lowest BCUT2D eigenvalue weighted by atomic mass is 9.96. The summed E-state index contributed by atoms with van der Waals surface area (Å²) in [7, 11) is -18.3. The third kappa shape index (κ3) is 16.8. The minimum absolute atomic E-state index is 0.296. The quantitative estimate of drug-likeness (QED) is 0.0717. The van der Waals surface area contributed by atoms with Crippen LogP contribution in [0.4, 0.5) is 0 Å². The van der Waals surface area contributed by atoms with Crippen LogP contribution in [0, 0.1) is 0 Å². The number of carboxylic acids is 4. The van der Waals surface area contributed by atoms with Crippen molar-refractivity contribution in [1.29, 1.82) is 0 Å². The van der Waals surface area contributed by atoms with Crippen molar-refractivity contribution in [2.24, 2.45) is 0 Å². The molecule has 0 heterocycles. The van der Waals surface area contributed by atoms with E-state index in [0.717, 1.165) is 27.7 Å². The van der Waals surface area contributed by atoms with E-state index in [1.807, 2.05) is 0 Å². The summed E-state index contributed by atoms with van der Waals surface area (Å²) in [5.74, 6) is -6.71. The van der Waals surface area contributed by atoms with Crippen molar-refractivity contribution in [3.63, 3.8) is 0 Å². The zero-order valence-electron chi connectivity index (χ0n) is 24.0. The molecule has 0 aromatic rings. The molecule has 262 valence electrons. The summed E-state index contributed by atoms with van der Waals surface area (Å²) in [6.07, 6.45) is -3.83. The molecule has 0 radical (unpaired) electrons. The number of carbonyl (C=O) groups is 4. The van der Waals surface area contributed by atoms with Gasteiger partial charge >= 0.3 is 23.9 Å². The predicted octanol–water partition coefficient (Wildman–Crippen LogP) is -0.0399. The molecular weight excluding hydrogens is 700 g/mol. The first-order chi connectivity index (χ1) is 19.8. The molecule has 0 fully saturated rings. The van der Waals surface area contributed by atoms with Crippen molar-refractivity contribution >= 4 is 64.3 Å². The number of hydrogen-bond donors (Lipinski definition) is 8. The van der Waals surface area contributed by atoms with Crippen LogP contribution in [0.25, 0.3) is 0 Å². The summed E-state index contributed by atoms with van der Waals surface area (Å²) in [6, 6.07) is 0. The SMILES string of the molecule is CC(C/C(C(=O)O)=C(/CC(C)S(=O)(=O)O)C(=O)O)S(=O)(=O)O.CC(CC(CC(C)S(=O)(=O)O)=C(CC(=O)O)C(=O)O)S(=O)(=O)O. The van der Waals surface area contributed by atoms with Crippen LogP contribution in [0.15, 0.2) is 22.3 Å². The molecule has 8 N–H and O–H groups in total. The standard InChI is InChI=1S/C11H18O10S2.C10H16O10S2/c1-6(22(16,17)18)3-8(4-7(2)23(19,20)21)9(11(14)15)5-10(12)13;1-5(21(15,16)17)3-7(9(11)12)8(10(13)14)4-6(2)22(18,19)20/h6-7H,3-5H2,1-2H3,(H,12,13)(H,14,15)(H,16,17,18)(H,19,20,21);5-6H,3-4H2,1-2H3,(H,11,12)(H,13,14)(H,15,16,17)(H,18,19,20)/b;8-7+. The summed E-state index contributed by atoms with van der Waals surface area (Å²) >= 11 is 0. The second kappa shape index (κ2) is 17.1. The molecule has 0 aliphatic carbocycles. The Kier molecular flexibility index (Phi) is 16.7. The van der Waals surface area contributed by atoms with E-state index in [1.54, 1.807) is 0 Å². The maximum atomic E-state index is 11.2. The molecule has 0 rings (SSSR count). The zero-order chi connectivity index (χ0) is 36.5. The fourth-order valence-electron chi connectivity index (χ4n) is 3.20. The highest BCUT2D eigenvalue weighted by molar-refractivity contribution is 7.87. The van der Waals surface area contributed by atoms with Gasteiger partial charge in [-0.1, -0.05) is 5.57 Å². The molecule has 4 unspecified atom stereocenters. The van der Waals surface area contributed by atoms with Gasteiger partial charge in [-0.2, -0.15) is 33.7 Å². The van der Waals surface area contributed by atoms with Gasteiger partial charge in [-0.15, -0.1) is 0 Å². The molecule has 0 amide bonds. The molecule has 20 nitrogen and oxygen atoms in total. The van der Waals surface area contributed by atoms with Gasteiger partial charge in [0, 0.05) is 16.7 Å². The Balaban J connectivity index is 0. The van der Waals surface area contributed by atoms with Crippen molar-refractivity contribution < 1.29 is 91.5 Å². The minimum atomic E-state index is -4.61. The normalized spacial score (nSPS) is 15.6. The van der Waals surface area contributed by atoms with Gasteiger partial charge < -0.3 is 20.4 Å². The molecule has 0 aromatic heterocycles. The van der Waals surface area contributed by atoms with Crippen LogP contribution < -0.4 is 0 Å². The lowest BCUT2D eigenvalue weighted by Gasteiger charge is -2.17. The van der Waals surface area contributed by atoms with Gasteiger partial charge in [0.05, 0.1) is 27.4 Å². The van der Waals surface area contributed by atoms with Gasteiger partial charge in [0.1, 0.15) is 0 Å². The highest BCUT2D eigenvalue weighted by atomic mass is 32.2. The van der Waals surface area contributed by atoms with Crippen molar-refractivity contribution in [3.8, 4) is 0 Å². The average molecular weight is 735 g/mol. The first kappa shape index (κ1) is 44.1. The number of aliphatic carboxylic acids is 4. The van der Waals surface area contributed by atoms with Crippen LogP contribution in [0.5, 0.6) is 0 Å². The van der Waals surface area contributed by atoms with E-state index in [1.165, 1.54) is 0 Å². The fourth-order valence-corrected chi connectivity index (χ4v) is 4.78. The highest BCUT2D eigenvalue weighted by Gasteiger charge is 2.31. The topological polar surface area (TPSA) is 367 Å². The van der Waals surface area contributed by atoms with Crippen molar-refractivity contribution in [2.75, 3.05) is 0 Å². The van der Waals surface area contributed by atoms with Gasteiger partial charge in [-0.25, -0.2) is 14.4 Å². The molecule has 0 saturated heterocycles. The van der Waals surface area contributed by atoms with Gasteiger partial charge in [0.25, 0.3) is 40.5 Å². The summed E-state index contributed by atoms with van der Waals surface area (Å²) < 4.78 is 123. The molecule has 24 heteroatoms. The van der Waals surface area contributed by atoms with E-state index in [9.17, 15) is 52.8 Å². The minimum Gasteiger partial charge on any atom is -0.481 e. The molecule has 4 atom stereocenters. The van der Waals surface area contributed by atoms with Gasteiger partial charge in [-0.05, 0) is 53.4 Å².